The van der Waals surface area contributed by atoms with Gasteiger partial charge in [-0.1, -0.05) is 37.8 Å². The van der Waals surface area contributed by atoms with E-state index >= 15 is 0 Å². The van der Waals surface area contributed by atoms with Crippen molar-refractivity contribution in [3.05, 3.63) is 29.8 Å². The average molecular weight is 448 g/mol. The Hall–Kier alpha value is -0.940. The molecule has 0 saturated heterocycles. The lowest BCUT2D eigenvalue weighted by molar-refractivity contribution is -0.183. The number of halogens is 4. The lowest BCUT2D eigenvalue weighted by Gasteiger charge is -2.33. The molecule has 2 nitrogen and oxygen atoms in total. The van der Waals surface area contributed by atoms with Crippen LogP contribution in [0.1, 0.15) is 76.7 Å². The predicted octanol–water partition coefficient (Wildman–Crippen LogP) is 7.10. The van der Waals surface area contributed by atoms with Gasteiger partial charge in [0.25, 0.3) is 0 Å². The molecule has 1 aromatic carbocycles. The largest absolute Gasteiger partial charge is 0.493 e. The summed E-state index contributed by atoms with van der Waals surface area (Å²) in [5.41, 5.74) is 1.25. The Balaban J connectivity index is 0.00000320. The van der Waals surface area contributed by atoms with Crippen molar-refractivity contribution in [1.29, 1.82) is 0 Å². The molecule has 1 aromatic rings. The Morgan fingerprint density at radius 2 is 1.70 bits per heavy atom. The molecule has 6 heteroatoms. The maximum Gasteiger partial charge on any atom is 0.391 e. The topological polar surface area (TPSA) is 21.3 Å². The molecule has 0 amide bonds. The summed E-state index contributed by atoms with van der Waals surface area (Å²) in [5, 5.41) is 3.43. The zero-order valence-electron chi connectivity index (χ0n) is 18.1. The molecule has 0 spiro atoms. The lowest BCUT2D eigenvalue weighted by Crippen LogP contribution is -2.42. The zero-order valence-corrected chi connectivity index (χ0v) is 18.9. The fourth-order valence-electron chi connectivity index (χ4n) is 4.83. The van der Waals surface area contributed by atoms with Crippen LogP contribution in [0.25, 0.3) is 0 Å². The number of benzene rings is 1. The van der Waals surface area contributed by atoms with E-state index in [1.54, 1.807) is 0 Å². The third-order valence-electron chi connectivity index (χ3n) is 6.66. The lowest BCUT2D eigenvalue weighted by atomic mass is 9.85. The van der Waals surface area contributed by atoms with Crippen LogP contribution < -0.4 is 10.1 Å². The number of ether oxygens (including phenoxy) is 1. The maximum atomic E-state index is 13.0. The average Bonchev–Trinajstić information content (AvgIpc) is 2.72. The molecule has 2 aliphatic rings. The van der Waals surface area contributed by atoms with Gasteiger partial charge in [0.05, 0.1) is 12.5 Å². The van der Waals surface area contributed by atoms with Gasteiger partial charge in [0.15, 0.2) is 0 Å². The predicted molar refractivity (Wildman–Crippen MR) is 118 cm³/mol. The summed E-state index contributed by atoms with van der Waals surface area (Å²) in [6.45, 7) is 2.90. The van der Waals surface area contributed by atoms with E-state index in [-0.39, 0.29) is 37.3 Å². The van der Waals surface area contributed by atoms with Crippen LogP contribution in [0.4, 0.5) is 13.2 Å². The molecule has 1 N–H and O–H groups in total. The molecule has 3 unspecified atom stereocenters. The Labute approximate surface area is 185 Å². The molecule has 3 rings (SSSR count). The van der Waals surface area contributed by atoms with Crippen LogP contribution in [0.2, 0.25) is 0 Å². The van der Waals surface area contributed by atoms with E-state index in [0.717, 1.165) is 31.6 Å². The number of nitrogens with one attached hydrogen (secondary N) is 1. The summed E-state index contributed by atoms with van der Waals surface area (Å²) in [6, 6.07) is 8.53. The molecular formula is C24H37ClF3NO. The minimum absolute atomic E-state index is 0. The first-order valence-corrected chi connectivity index (χ1v) is 11.4. The summed E-state index contributed by atoms with van der Waals surface area (Å²) < 4.78 is 44.9. The molecule has 0 aliphatic heterocycles. The molecular weight excluding hydrogens is 411 g/mol. The highest BCUT2D eigenvalue weighted by Crippen LogP contribution is 2.37. The van der Waals surface area contributed by atoms with Crippen LogP contribution in [0, 0.1) is 11.8 Å². The monoisotopic (exact) mass is 447 g/mol. The smallest absolute Gasteiger partial charge is 0.391 e. The first-order chi connectivity index (χ1) is 13.9. The van der Waals surface area contributed by atoms with E-state index in [0.29, 0.717) is 12.3 Å². The highest BCUT2D eigenvalue weighted by atomic mass is 35.5. The van der Waals surface area contributed by atoms with Gasteiger partial charge in [-0.2, -0.15) is 13.2 Å². The van der Waals surface area contributed by atoms with E-state index in [4.69, 9.17) is 4.74 Å². The summed E-state index contributed by atoms with van der Waals surface area (Å²) in [6.07, 6.45) is 6.41. The van der Waals surface area contributed by atoms with Crippen LogP contribution in [-0.2, 0) is 6.42 Å². The normalized spacial score (nSPS) is 24.1. The van der Waals surface area contributed by atoms with Crippen molar-refractivity contribution in [3.63, 3.8) is 0 Å². The summed E-state index contributed by atoms with van der Waals surface area (Å²) in [4.78, 5) is 0. The van der Waals surface area contributed by atoms with E-state index in [1.807, 2.05) is 12.1 Å². The van der Waals surface area contributed by atoms with Crippen LogP contribution in [0.5, 0.6) is 5.75 Å². The van der Waals surface area contributed by atoms with Crippen molar-refractivity contribution in [3.8, 4) is 5.75 Å². The molecule has 0 aromatic heterocycles. The van der Waals surface area contributed by atoms with Crippen molar-refractivity contribution >= 4 is 12.4 Å². The minimum Gasteiger partial charge on any atom is -0.493 e. The molecule has 0 heterocycles. The molecule has 2 aliphatic carbocycles. The van der Waals surface area contributed by atoms with E-state index in [9.17, 15) is 13.2 Å². The molecule has 172 valence electrons. The van der Waals surface area contributed by atoms with Gasteiger partial charge in [-0.05, 0) is 75.5 Å². The second-order valence-corrected chi connectivity index (χ2v) is 9.17. The Morgan fingerprint density at radius 1 is 1.00 bits per heavy atom. The Bertz CT molecular complexity index is 601. The van der Waals surface area contributed by atoms with Gasteiger partial charge < -0.3 is 10.1 Å². The standard InChI is InChI=1S/C24H36F3NO.ClH/c1-18(28-22-9-5-8-21(16-22)24(25,26)27)10-11-19-12-14-23(15-13-19)29-17-20-6-3-2-4-7-20;/h12-15,18,20-22,28H,2-11,16-17H2,1H3;1H. The van der Waals surface area contributed by atoms with Crippen LogP contribution in [0.15, 0.2) is 24.3 Å². The van der Waals surface area contributed by atoms with Crippen molar-refractivity contribution in [2.45, 2.75) is 95.8 Å². The third-order valence-corrected chi connectivity index (χ3v) is 6.66. The van der Waals surface area contributed by atoms with E-state index in [2.05, 4.69) is 24.4 Å². The van der Waals surface area contributed by atoms with Crippen LogP contribution in [-0.4, -0.2) is 24.9 Å². The summed E-state index contributed by atoms with van der Waals surface area (Å²) >= 11 is 0. The fourth-order valence-corrected chi connectivity index (χ4v) is 4.83. The molecule has 2 fully saturated rings. The number of alkyl halides is 3. The van der Waals surface area contributed by atoms with Gasteiger partial charge in [-0.3, -0.25) is 0 Å². The molecule has 30 heavy (non-hydrogen) atoms. The highest BCUT2D eigenvalue weighted by molar-refractivity contribution is 5.85. The summed E-state index contributed by atoms with van der Waals surface area (Å²) in [5.74, 6) is 0.500. The van der Waals surface area contributed by atoms with Crippen molar-refractivity contribution < 1.29 is 17.9 Å². The van der Waals surface area contributed by atoms with Crippen molar-refractivity contribution in [2.24, 2.45) is 11.8 Å². The third kappa shape index (κ3) is 8.30. The second-order valence-electron chi connectivity index (χ2n) is 9.17. The zero-order chi connectivity index (χ0) is 20.7. The fraction of sp³-hybridized carbons (Fsp3) is 0.750. The Kier molecular flexibility index (Phi) is 10.3. The first-order valence-electron chi connectivity index (χ1n) is 11.4. The molecule has 3 atom stereocenters. The first kappa shape index (κ1) is 25.3. The van der Waals surface area contributed by atoms with Gasteiger partial charge in [-0.25, -0.2) is 0 Å². The number of rotatable bonds is 8. The number of aryl methyl sites for hydroxylation is 1. The number of hydrogen-bond acceptors (Lipinski definition) is 2. The van der Waals surface area contributed by atoms with Gasteiger partial charge in [0, 0.05) is 12.1 Å². The van der Waals surface area contributed by atoms with E-state index in [1.165, 1.54) is 37.7 Å². The highest BCUT2D eigenvalue weighted by Gasteiger charge is 2.42. The van der Waals surface area contributed by atoms with Gasteiger partial charge >= 0.3 is 6.18 Å². The Morgan fingerprint density at radius 3 is 2.37 bits per heavy atom. The van der Waals surface area contributed by atoms with Gasteiger partial charge in [-0.15, -0.1) is 12.4 Å². The van der Waals surface area contributed by atoms with Gasteiger partial charge in [0.2, 0.25) is 0 Å². The molecule has 0 radical (unpaired) electrons. The van der Waals surface area contributed by atoms with Crippen LogP contribution in [0.3, 0.4) is 0 Å². The summed E-state index contributed by atoms with van der Waals surface area (Å²) in [7, 11) is 0. The van der Waals surface area contributed by atoms with Crippen molar-refractivity contribution in [1.82, 2.24) is 5.32 Å². The maximum absolute atomic E-state index is 13.0. The van der Waals surface area contributed by atoms with E-state index < -0.39 is 12.1 Å². The van der Waals surface area contributed by atoms with Gasteiger partial charge in [0.1, 0.15) is 5.75 Å². The molecule has 2 saturated carbocycles. The van der Waals surface area contributed by atoms with Crippen molar-refractivity contribution in [2.75, 3.05) is 6.61 Å². The second kappa shape index (κ2) is 12.2. The quantitative estimate of drug-likeness (QED) is 0.458. The SMILES string of the molecule is CC(CCc1ccc(OCC2CCCCC2)cc1)NC1CCCC(C(F)(F)F)C1.Cl. The number of hydrogen-bond donors (Lipinski definition) is 1. The molecule has 0 bridgehead atoms. The van der Waals surface area contributed by atoms with Crippen LogP contribution >= 0.6 is 12.4 Å². The minimum atomic E-state index is -4.05.